The number of thiophene rings is 2. The minimum atomic E-state index is 1.08. The molecule has 4 heterocycles. The standard InChI is InChI=1S/C12H8N4S2/c1-9(7-3-13-5-15-7)17-12-2-10(18-11(1)12)8-4-14-6-16-8/h1-6H,(H,13,15)(H,14,16). The molecule has 0 radical (unpaired) electrons. The van der Waals surface area contributed by atoms with Gasteiger partial charge in [-0.1, -0.05) is 0 Å². The van der Waals surface area contributed by atoms with Crippen molar-refractivity contribution in [1.29, 1.82) is 0 Å². The fourth-order valence-electron chi connectivity index (χ4n) is 1.88. The fraction of sp³-hybridized carbons (Fsp3) is 0. The van der Waals surface area contributed by atoms with Crippen LogP contribution in [0.1, 0.15) is 0 Å². The van der Waals surface area contributed by atoms with Gasteiger partial charge in [-0.3, -0.25) is 0 Å². The quantitative estimate of drug-likeness (QED) is 0.584. The molecule has 4 aromatic rings. The van der Waals surface area contributed by atoms with E-state index in [1.54, 1.807) is 35.3 Å². The predicted octanol–water partition coefficient (Wildman–Crippen LogP) is 3.74. The second-order valence-electron chi connectivity index (χ2n) is 3.88. The molecule has 6 heteroatoms. The summed E-state index contributed by atoms with van der Waals surface area (Å²) in [7, 11) is 0. The first kappa shape index (κ1) is 10.0. The lowest BCUT2D eigenvalue weighted by atomic mass is 10.3. The molecule has 4 nitrogen and oxygen atoms in total. The van der Waals surface area contributed by atoms with E-state index in [1.165, 1.54) is 19.2 Å². The molecule has 0 fully saturated rings. The highest BCUT2D eigenvalue weighted by atomic mass is 32.1. The molecule has 4 rings (SSSR count). The highest BCUT2D eigenvalue weighted by molar-refractivity contribution is 7.31. The zero-order valence-corrected chi connectivity index (χ0v) is 10.8. The zero-order valence-electron chi connectivity index (χ0n) is 9.18. The van der Waals surface area contributed by atoms with Crippen molar-refractivity contribution in [1.82, 2.24) is 19.9 Å². The van der Waals surface area contributed by atoms with Crippen LogP contribution in [0.2, 0.25) is 0 Å². The van der Waals surface area contributed by atoms with Crippen LogP contribution in [-0.2, 0) is 0 Å². The van der Waals surface area contributed by atoms with Gasteiger partial charge in [-0.2, -0.15) is 0 Å². The molecule has 0 aliphatic carbocycles. The van der Waals surface area contributed by atoms with Gasteiger partial charge in [-0.25, -0.2) is 9.97 Å². The van der Waals surface area contributed by atoms with E-state index < -0.39 is 0 Å². The van der Waals surface area contributed by atoms with Gasteiger partial charge < -0.3 is 9.97 Å². The molecule has 0 saturated heterocycles. The lowest BCUT2D eigenvalue weighted by Crippen LogP contribution is -1.68. The normalized spacial score (nSPS) is 11.3. The minimum absolute atomic E-state index is 1.08. The van der Waals surface area contributed by atoms with Crippen molar-refractivity contribution in [3.05, 3.63) is 37.2 Å². The fourth-order valence-corrected chi connectivity index (χ4v) is 4.22. The van der Waals surface area contributed by atoms with E-state index in [0.29, 0.717) is 0 Å². The largest absolute Gasteiger partial charge is 0.344 e. The van der Waals surface area contributed by atoms with Gasteiger partial charge in [-0.05, 0) is 12.1 Å². The number of hydrogen-bond donors (Lipinski definition) is 2. The van der Waals surface area contributed by atoms with Crippen LogP contribution in [0.15, 0.2) is 37.2 Å². The number of nitrogens with zero attached hydrogens (tertiary/aromatic N) is 2. The van der Waals surface area contributed by atoms with Crippen LogP contribution >= 0.6 is 22.7 Å². The first-order valence-electron chi connectivity index (χ1n) is 5.41. The molecule has 0 bridgehead atoms. The van der Waals surface area contributed by atoms with Crippen molar-refractivity contribution < 1.29 is 0 Å². The van der Waals surface area contributed by atoms with Gasteiger partial charge in [0.25, 0.3) is 0 Å². The topological polar surface area (TPSA) is 57.4 Å². The molecule has 18 heavy (non-hydrogen) atoms. The van der Waals surface area contributed by atoms with Gasteiger partial charge in [0.05, 0.1) is 46.2 Å². The number of fused-ring (bicyclic) bond motifs is 1. The van der Waals surface area contributed by atoms with Crippen molar-refractivity contribution >= 4 is 32.1 Å². The monoisotopic (exact) mass is 272 g/mol. The summed E-state index contributed by atoms with van der Waals surface area (Å²) in [6.45, 7) is 0. The first-order valence-corrected chi connectivity index (χ1v) is 7.04. The number of imidazole rings is 2. The Morgan fingerprint density at radius 1 is 0.778 bits per heavy atom. The molecule has 0 aliphatic rings. The Kier molecular flexibility index (Phi) is 2.12. The van der Waals surface area contributed by atoms with E-state index in [1.807, 2.05) is 12.4 Å². The van der Waals surface area contributed by atoms with Crippen molar-refractivity contribution in [2.24, 2.45) is 0 Å². The molecule has 2 N–H and O–H groups in total. The van der Waals surface area contributed by atoms with Gasteiger partial charge in [-0.15, -0.1) is 22.7 Å². The second-order valence-corrected chi connectivity index (χ2v) is 6.05. The van der Waals surface area contributed by atoms with Crippen molar-refractivity contribution in [3.63, 3.8) is 0 Å². The SMILES string of the molecule is c1ncc(-c2cc3sc(-c4cnc[nH]4)cc3s2)[nH]1. The summed E-state index contributed by atoms with van der Waals surface area (Å²) in [5.41, 5.74) is 2.15. The van der Waals surface area contributed by atoms with E-state index >= 15 is 0 Å². The average molecular weight is 272 g/mol. The highest BCUT2D eigenvalue weighted by Gasteiger charge is 2.10. The van der Waals surface area contributed by atoms with Crippen LogP contribution in [-0.4, -0.2) is 19.9 Å². The Morgan fingerprint density at radius 3 is 1.67 bits per heavy atom. The lowest BCUT2D eigenvalue weighted by Gasteiger charge is -1.89. The molecule has 0 amide bonds. The number of nitrogens with one attached hydrogen (secondary N) is 2. The number of hydrogen-bond acceptors (Lipinski definition) is 4. The van der Waals surface area contributed by atoms with Gasteiger partial charge in [0, 0.05) is 9.40 Å². The Hall–Kier alpha value is -1.92. The molecule has 0 unspecified atom stereocenters. The van der Waals surface area contributed by atoms with Gasteiger partial charge in [0.1, 0.15) is 0 Å². The maximum Gasteiger partial charge on any atom is 0.0924 e. The molecule has 0 spiro atoms. The van der Waals surface area contributed by atoms with Crippen LogP contribution in [0.25, 0.3) is 30.5 Å². The summed E-state index contributed by atoms with van der Waals surface area (Å²) in [5.74, 6) is 0. The smallest absolute Gasteiger partial charge is 0.0924 e. The van der Waals surface area contributed by atoms with E-state index in [0.717, 1.165) is 11.4 Å². The molecule has 4 aromatic heterocycles. The van der Waals surface area contributed by atoms with Crippen LogP contribution in [0, 0.1) is 0 Å². The third-order valence-corrected chi connectivity index (χ3v) is 5.09. The van der Waals surface area contributed by atoms with E-state index in [2.05, 4.69) is 32.1 Å². The molecule has 88 valence electrons. The number of aromatic amines is 2. The van der Waals surface area contributed by atoms with E-state index in [-0.39, 0.29) is 0 Å². The van der Waals surface area contributed by atoms with E-state index in [4.69, 9.17) is 0 Å². The summed E-state index contributed by atoms with van der Waals surface area (Å²) in [4.78, 5) is 16.8. The molecular weight excluding hydrogens is 264 g/mol. The Labute approximate surface area is 110 Å². The minimum Gasteiger partial charge on any atom is -0.344 e. The molecule has 0 saturated carbocycles. The van der Waals surface area contributed by atoms with Crippen LogP contribution < -0.4 is 0 Å². The van der Waals surface area contributed by atoms with Crippen LogP contribution in [0.3, 0.4) is 0 Å². The summed E-state index contributed by atoms with van der Waals surface area (Å²) < 4.78 is 2.60. The van der Waals surface area contributed by atoms with Crippen molar-refractivity contribution in [2.75, 3.05) is 0 Å². The number of rotatable bonds is 2. The van der Waals surface area contributed by atoms with Crippen molar-refractivity contribution in [3.8, 4) is 21.1 Å². The Bertz CT molecular complexity index is 682. The maximum absolute atomic E-state index is 4.05. The Morgan fingerprint density at radius 2 is 1.28 bits per heavy atom. The summed E-state index contributed by atoms with van der Waals surface area (Å²) in [6, 6.07) is 4.41. The molecule has 0 atom stereocenters. The molecule has 0 aromatic carbocycles. The first-order chi connectivity index (χ1) is 8.90. The van der Waals surface area contributed by atoms with Gasteiger partial charge >= 0.3 is 0 Å². The molecular formula is C12H8N4S2. The van der Waals surface area contributed by atoms with Crippen LogP contribution in [0.4, 0.5) is 0 Å². The van der Waals surface area contributed by atoms with Crippen molar-refractivity contribution in [2.45, 2.75) is 0 Å². The third-order valence-electron chi connectivity index (χ3n) is 2.73. The van der Waals surface area contributed by atoms with E-state index in [9.17, 15) is 0 Å². The second kappa shape index (κ2) is 3.79. The predicted molar refractivity (Wildman–Crippen MR) is 74.9 cm³/mol. The highest BCUT2D eigenvalue weighted by Crippen LogP contribution is 2.40. The van der Waals surface area contributed by atoms with Crippen LogP contribution in [0.5, 0.6) is 0 Å². The number of H-pyrrole nitrogens is 2. The van der Waals surface area contributed by atoms with Gasteiger partial charge in [0.15, 0.2) is 0 Å². The Balaban J connectivity index is 1.82. The third kappa shape index (κ3) is 1.50. The number of aromatic nitrogens is 4. The summed E-state index contributed by atoms with van der Waals surface area (Å²) >= 11 is 3.56. The van der Waals surface area contributed by atoms with Gasteiger partial charge in [0.2, 0.25) is 0 Å². The maximum atomic E-state index is 4.05. The molecule has 0 aliphatic heterocycles. The average Bonchev–Trinajstić information content (AvgIpc) is 3.13. The lowest BCUT2D eigenvalue weighted by molar-refractivity contribution is 1.32. The zero-order chi connectivity index (χ0) is 11.9. The summed E-state index contributed by atoms with van der Waals surface area (Å²) in [6.07, 6.45) is 7.12. The summed E-state index contributed by atoms with van der Waals surface area (Å²) in [5, 5.41) is 0.